The maximum absolute atomic E-state index is 10.5. The molecule has 0 aliphatic rings. The van der Waals surface area contributed by atoms with Gasteiger partial charge in [0.25, 0.3) is 0 Å². The first-order valence-corrected chi connectivity index (χ1v) is 7.43. The molecule has 0 spiro atoms. The fourth-order valence-electron chi connectivity index (χ4n) is 2.00. The van der Waals surface area contributed by atoms with Crippen LogP contribution < -0.4 is 15.2 Å². The standard InChI is InChI=1S/C15H22ClNO4/c1-3-20-13-8-10(11(16)9-14(13)21-4-2)12(17)6-5-7-15(18)19/h8-9,12H,3-7,17H2,1-2H3,(H,18,19). The zero-order valence-corrected chi connectivity index (χ0v) is 13.2. The molecule has 3 N–H and O–H groups in total. The largest absolute Gasteiger partial charge is 0.490 e. The highest BCUT2D eigenvalue weighted by molar-refractivity contribution is 6.31. The van der Waals surface area contributed by atoms with Gasteiger partial charge in [-0.15, -0.1) is 0 Å². The van der Waals surface area contributed by atoms with Crippen LogP contribution in [0.3, 0.4) is 0 Å². The quantitative estimate of drug-likeness (QED) is 0.730. The molecule has 0 aliphatic carbocycles. The van der Waals surface area contributed by atoms with E-state index in [2.05, 4.69) is 0 Å². The molecule has 1 aromatic rings. The maximum Gasteiger partial charge on any atom is 0.303 e. The van der Waals surface area contributed by atoms with Crippen LogP contribution in [0, 0.1) is 0 Å². The van der Waals surface area contributed by atoms with E-state index in [0.717, 1.165) is 5.56 Å². The van der Waals surface area contributed by atoms with Gasteiger partial charge < -0.3 is 20.3 Å². The van der Waals surface area contributed by atoms with Crippen LogP contribution in [0.5, 0.6) is 11.5 Å². The minimum Gasteiger partial charge on any atom is -0.490 e. The molecule has 0 aromatic heterocycles. The molecule has 21 heavy (non-hydrogen) atoms. The molecule has 0 fully saturated rings. The summed E-state index contributed by atoms with van der Waals surface area (Å²) < 4.78 is 11.0. The molecule has 6 heteroatoms. The van der Waals surface area contributed by atoms with E-state index in [1.165, 1.54) is 0 Å². The number of rotatable bonds is 9. The molecule has 0 bridgehead atoms. The fourth-order valence-corrected chi connectivity index (χ4v) is 2.29. The Labute approximate surface area is 130 Å². The highest BCUT2D eigenvalue weighted by Gasteiger charge is 2.16. The Morgan fingerprint density at radius 1 is 1.29 bits per heavy atom. The summed E-state index contributed by atoms with van der Waals surface area (Å²) in [6.45, 7) is 4.79. The van der Waals surface area contributed by atoms with Crippen molar-refractivity contribution in [2.24, 2.45) is 5.73 Å². The van der Waals surface area contributed by atoms with Crippen LogP contribution in [0.4, 0.5) is 0 Å². The second-order valence-electron chi connectivity index (χ2n) is 4.58. The van der Waals surface area contributed by atoms with E-state index >= 15 is 0 Å². The molecule has 1 rings (SSSR count). The van der Waals surface area contributed by atoms with E-state index in [1.807, 2.05) is 13.8 Å². The average molecular weight is 316 g/mol. The van der Waals surface area contributed by atoms with Gasteiger partial charge >= 0.3 is 5.97 Å². The Kier molecular flexibility index (Phi) is 7.32. The van der Waals surface area contributed by atoms with Gasteiger partial charge in [-0.3, -0.25) is 4.79 Å². The van der Waals surface area contributed by atoms with E-state index in [4.69, 9.17) is 31.9 Å². The van der Waals surface area contributed by atoms with Gasteiger partial charge in [-0.2, -0.15) is 0 Å². The van der Waals surface area contributed by atoms with Crippen molar-refractivity contribution in [1.82, 2.24) is 0 Å². The highest BCUT2D eigenvalue weighted by atomic mass is 35.5. The molecule has 0 saturated carbocycles. The molecular formula is C15H22ClNO4. The molecular weight excluding hydrogens is 294 g/mol. The number of benzene rings is 1. The third kappa shape index (κ3) is 5.44. The third-order valence-corrected chi connectivity index (χ3v) is 3.30. The smallest absolute Gasteiger partial charge is 0.303 e. The van der Waals surface area contributed by atoms with Crippen molar-refractivity contribution in [3.63, 3.8) is 0 Å². The normalized spacial score (nSPS) is 12.0. The van der Waals surface area contributed by atoms with Crippen LogP contribution in [-0.4, -0.2) is 24.3 Å². The molecule has 1 unspecified atom stereocenters. The van der Waals surface area contributed by atoms with Gasteiger partial charge in [-0.25, -0.2) is 0 Å². The number of hydrogen-bond donors (Lipinski definition) is 2. The first-order chi connectivity index (χ1) is 9.99. The molecule has 0 saturated heterocycles. The van der Waals surface area contributed by atoms with Crippen LogP contribution in [0.15, 0.2) is 12.1 Å². The van der Waals surface area contributed by atoms with Crippen LogP contribution >= 0.6 is 11.6 Å². The summed E-state index contributed by atoms with van der Waals surface area (Å²) in [6, 6.07) is 3.15. The monoisotopic (exact) mass is 315 g/mol. The lowest BCUT2D eigenvalue weighted by atomic mass is 10.0. The number of hydrogen-bond acceptors (Lipinski definition) is 4. The SMILES string of the molecule is CCOc1cc(Cl)c(C(N)CCCC(=O)O)cc1OCC. The summed E-state index contributed by atoms with van der Waals surface area (Å²) in [5.74, 6) is 0.369. The molecule has 0 aliphatic heterocycles. The molecule has 0 amide bonds. The number of aliphatic carboxylic acids is 1. The number of carbonyl (C=O) groups is 1. The second-order valence-corrected chi connectivity index (χ2v) is 4.99. The Bertz CT molecular complexity index is 479. The molecule has 0 radical (unpaired) electrons. The van der Waals surface area contributed by atoms with Crippen molar-refractivity contribution in [2.45, 2.75) is 39.2 Å². The Hall–Kier alpha value is -1.46. The predicted octanol–water partition coefficient (Wildman–Crippen LogP) is 3.39. The van der Waals surface area contributed by atoms with Gasteiger partial charge in [-0.1, -0.05) is 11.6 Å². The van der Waals surface area contributed by atoms with Gasteiger partial charge in [0.05, 0.1) is 13.2 Å². The Morgan fingerprint density at radius 2 is 1.86 bits per heavy atom. The van der Waals surface area contributed by atoms with Crippen molar-refractivity contribution in [2.75, 3.05) is 13.2 Å². The van der Waals surface area contributed by atoms with Gasteiger partial charge in [-0.05, 0) is 38.3 Å². The lowest BCUT2D eigenvalue weighted by Crippen LogP contribution is -2.12. The topological polar surface area (TPSA) is 81.8 Å². The number of ether oxygens (including phenoxy) is 2. The van der Waals surface area contributed by atoms with E-state index in [9.17, 15) is 4.79 Å². The minimum atomic E-state index is -0.824. The third-order valence-electron chi connectivity index (χ3n) is 2.97. The molecule has 0 heterocycles. The molecule has 5 nitrogen and oxygen atoms in total. The lowest BCUT2D eigenvalue weighted by Gasteiger charge is -2.18. The summed E-state index contributed by atoms with van der Waals surface area (Å²) in [5.41, 5.74) is 6.84. The zero-order valence-electron chi connectivity index (χ0n) is 12.4. The van der Waals surface area contributed by atoms with Crippen molar-refractivity contribution in [3.8, 4) is 11.5 Å². The number of halogens is 1. The summed E-state index contributed by atoms with van der Waals surface area (Å²) in [4.78, 5) is 10.5. The van der Waals surface area contributed by atoms with Crippen LogP contribution in [0.25, 0.3) is 0 Å². The summed E-state index contributed by atoms with van der Waals surface area (Å²) in [6.07, 6.45) is 1.15. The van der Waals surface area contributed by atoms with Gasteiger partial charge in [0.15, 0.2) is 11.5 Å². The van der Waals surface area contributed by atoms with E-state index in [-0.39, 0.29) is 12.5 Å². The van der Waals surface area contributed by atoms with E-state index in [0.29, 0.717) is 42.6 Å². The average Bonchev–Trinajstić information content (AvgIpc) is 2.41. The molecule has 118 valence electrons. The van der Waals surface area contributed by atoms with Crippen molar-refractivity contribution in [3.05, 3.63) is 22.7 Å². The zero-order chi connectivity index (χ0) is 15.8. The second kappa shape index (κ2) is 8.74. The van der Waals surface area contributed by atoms with Gasteiger partial charge in [0, 0.05) is 23.6 Å². The Balaban J connectivity index is 2.90. The molecule has 1 aromatic carbocycles. The number of nitrogens with two attached hydrogens (primary N) is 1. The predicted molar refractivity (Wildman–Crippen MR) is 82.2 cm³/mol. The number of carboxylic acids is 1. The first kappa shape index (κ1) is 17.6. The van der Waals surface area contributed by atoms with Crippen molar-refractivity contribution >= 4 is 17.6 Å². The van der Waals surface area contributed by atoms with Crippen molar-refractivity contribution in [1.29, 1.82) is 0 Å². The van der Waals surface area contributed by atoms with E-state index in [1.54, 1.807) is 12.1 Å². The molecule has 1 atom stereocenters. The summed E-state index contributed by atoms with van der Waals surface area (Å²) in [7, 11) is 0. The Morgan fingerprint density at radius 3 is 2.38 bits per heavy atom. The summed E-state index contributed by atoms with van der Waals surface area (Å²) >= 11 is 6.24. The van der Waals surface area contributed by atoms with Crippen LogP contribution in [-0.2, 0) is 4.79 Å². The van der Waals surface area contributed by atoms with Crippen molar-refractivity contribution < 1.29 is 19.4 Å². The lowest BCUT2D eigenvalue weighted by molar-refractivity contribution is -0.137. The van der Waals surface area contributed by atoms with Crippen LogP contribution in [0.1, 0.15) is 44.7 Å². The van der Waals surface area contributed by atoms with Gasteiger partial charge in [0.1, 0.15) is 0 Å². The van der Waals surface area contributed by atoms with Gasteiger partial charge in [0.2, 0.25) is 0 Å². The number of carboxylic acid groups (broad SMARTS) is 1. The highest BCUT2D eigenvalue weighted by Crippen LogP contribution is 2.36. The first-order valence-electron chi connectivity index (χ1n) is 7.06. The minimum absolute atomic E-state index is 0.0979. The fraction of sp³-hybridized carbons (Fsp3) is 0.533. The summed E-state index contributed by atoms with van der Waals surface area (Å²) in [5, 5.41) is 9.16. The maximum atomic E-state index is 10.5. The van der Waals surface area contributed by atoms with E-state index < -0.39 is 5.97 Å². The van der Waals surface area contributed by atoms with Crippen LogP contribution in [0.2, 0.25) is 5.02 Å².